The fraction of sp³-hybridized carbons (Fsp3) is 0.667. The number of nitrogens with one attached hydrogen (secondary N) is 1. The molecule has 110 valence electrons. The Hall–Kier alpha value is -0.860. The minimum absolute atomic E-state index is 0.428. The summed E-state index contributed by atoms with van der Waals surface area (Å²) < 4.78 is 0. The van der Waals surface area contributed by atoms with Gasteiger partial charge < -0.3 is 5.32 Å². The van der Waals surface area contributed by atoms with Crippen molar-refractivity contribution in [2.45, 2.75) is 63.6 Å². The van der Waals surface area contributed by atoms with Gasteiger partial charge in [-0.05, 0) is 38.7 Å². The molecule has 3 rings (SSSR count). The Morgan fingerprint density at radius 2 is 1.90 bits per heavy atom. The van der Waals surface area contributed by atoms with Crippen LogP contribution in [0.2, 0.25) is 0 Å². The van der Waals surface area contributed by atoms with Crippen molar-refractivity contribution in [1.82, 2.24) is 10.2 Å². The van der Waals surface area contributed by atoms with Crippen molar-refractivity contribution < 1.29 is 0 Å². The molecule has 1 unspecified atom stereocenters. The summed E-state index contributed by atoms with van der Waals surface area (Å²) in [5.41, 5.74) is 1.89. The lowest BCUT2D eigenvalue weighted by atomic mass is 9.89. The fourth-order valence-electron chi connectivity index (χ4n) is 4.05. The molecule has 20 heavy (non-hydrogen) atoms. The first-order valence-electron chi connectivity index (χ1n) is 8.23. The van der Waals surface area contributed by atoms with E-state index in [1.165, 1.54) is 44.2 Å². The molecular formula is C18H28N2. The largest absolute Gasteiger partial charge is 0.308 e. The summed E-state index contributed by atoms with van der Waals surface area (Å²) >= 11 is 0. The summed E-state index contributed by atoms with van der Waals surface area (Å²) in [5.74, 6) is 0. The van der Waals surface area contributed by atoms with Crippen molar-refractivity contribution in [2.75, 3.05) is 13.1 Å². The zero-order valence-corrected chi connectivity index (χ0v) is 12.9. The van der Waals surface area contributed by atoms with Crippen molar-refractivity contribution in [1.29, 1.82) is 0 Å². The van der Waals surface area contributed by atoms with E-state index in [-0.39, 0.29) is 0 Å². The van der Waals surface area contributed by atoms with Crippen LogP contribution in [-0.4, -0.2) is 35.6 Å². The molecule has 1 aromatic rings. The second kappa shape index (κ2) is 5.87. The van der Waals surface area contributed by atoms with E-state index in [9.17, 15) is 0 Å². The van der Waals surface area contributed by atoms with E-state index in [2.05, 4.69) is 54.4 Å². The molecule has 2 nitrogen and oxygen atoms in total. The van der Waals surface area contributed by atoms with E-state index >= 15 is 0 Å². The maximum absolute atomic E-state index is 3.91. The maximum Gasteiger partial charge on any atom is 0.0309 e. The average Bonchev–Trinajstić information content (AvgIpc) is 2.90. The van der Waals surface area contributed by atoms with Crippen LogP contribution in [0.1, 0.15) is 45.1 Å². The smallest absolute Gasteiger partial charge is 0.0309 e. The molecule has 1 aliphatic heterocycles. The molecule has 1 heterocycles. The van der Waals surface area contributed by atoms with E-state index in [1.54, 1.807) is 0 Å². The fourth-order valence-corrected chi connectivity index (χ4v) is 4.05. The van der Waals surface area contributed by atoms with Crippen molar-refractivity contribution in [3.8, 4) is 0 Å². The Morgan fingerprint density at radius 1 is 1.20 bits per heavy atom. The number of piperazine rings is 1. The lowest BCUT2D eigenvalue weighted by molar-refractivity contribution is 0.0547. The minimum Gasteiger partial charge on any atom is -0.308 e. The Bertz CT molecular complexity index is 420. The normalized spacial score (nSPS) is 26.4. The highest BCUT2D eigenvalue weighted by molar-refractivity contribution is 5.17. The zero-order chi connectivity index (χ0) is 14.0. The van der Waals surface area contributed by atoms with Gasteiger partial charge >= 0.3 is 0 Å². The molecule has 1 spiro atoms. The molecule has 2 fully saturated rings. The second-order valence-electron chi connectivity index (χ2n) is 6.98. The van der Waals surface area contributed by atoms with Crippen LogP contribution in [0, 0.1) is 0 Å². The molecule has 0 radical (unpaired) electrons. The molecule has 0 amide bonds. The van der Waals surface area contributed by atoms with Crippen LogP contribution in [-0.2, 0) is 6.42 Å². The van der Waals surface area contributed by atoms with Gasteiger partial charge in [0, 0.05) is 30.7 Å². The molecular weight excluding hydrogens is 244 g/mol. The summed E-state index contributed by atoms with van der Waals surface area (Å²) in [4.78, 5) is 2.74. The Balaban J connectivity index is 1.71. The van der Waals surface area contributed by atoms with Crippen LogP contribution in [0.3, 0.4) is 0 Å². The Morgan fingerprint density at radius 3 is 2.55 bits per heavy atom. The second-order valence-corrected chi connectivity index (χ2v) is 6.98. The summed E-state index contributed by atoms with van der Waals surface area (Å²) in [5, 5.41) is 3.91. The van der Waals surface area contributed by atoms with Crippen LogP contribution in [0.15, 0.2) is 30.3 Å². The van der Waals surface area contributed by atoms with Gasteiger partial charge in [-0.1, -0.05) is 43.2 Å². The van der Waals surface area contributed by atoms with Gasteiger partial charge in [0.25, 0.3) is 0 Å². The third-order valence-corrected chi connectivity index (χ3v) is 5.21. The highest BCUT2D eigenvalue weighted by Crippen LogP contribution is 2.34. The van der Waals surface area contributed by atoms with E-state index < -0.39 is 0 Å². The Kier molecular flexibility index (Phi) is 4.13. The molecule has 2 heteroatoms. The molecule has 2 aliphatic rings. The number of nitrogens with zero attached hydrogens (tertiary/aromatic N) is 1. The molecule has 1 saturated carbocycles. The van der Waals surface area contributed by atoms with Crippen LogP contribution in [0.25, 0.3) is 0 Å². The SMILES string of the molecule is CC(C)N1CC2(CCCC2)NCC1Cc1ccccc1. The van der Waals surface area contributed by atoms with Gasteiger partial charge in [-0.2, -0.15) is 0 Å². The predicted octanol–water partition coefficient (Wildman–Crippen LogP) is 3.22. The quantitative estimate of drug-likeness (QED) is 0.909. The molecule has 1 aliphatic carbocycles. The van der Waals surface area contributed by atoms with Crippen molar-refractivity contribution in [3.05, 3.63) is 35.9 Å². The monoisotopic (exact) mass is 272 g/mol. The van der Waals surface area contributed by atoms with Crippen molar-refractivity contribution in [2.24, 2.45) is 0 Å². The van der Waals surface area contributed by atoms with Crippen LogP contribution in [0.4, 0.5) is 0 Å². The van der Waals surface area contributed by atoms with Crippen LogP contribution < -0.4 is 5.32 Å². The average molecular weight is 272 g/mol. The molecule has 1 atom stereocenters. The van der Waals surface area contributed by atoms with Gasteiger partial charge in [-0.25, -0.2) is 0 Å². The van der Waals surface area contributed by atoms with Crippen LogP contribution >= 0.6 is 0 Å². The van der Waals surface area contributed by atoms with Gasteiger partial charge in [-0.3, -0.25) is 4.90 Å². The topological polar surface area (TPSA) is 15.3 Å². The molecule has 1 N–H and O–H groups in total. The number of benzene rings is 1. The Labute approximate surface area is 123 Å². The maximum atomic E-state index is 3.91. The van der Waals surface area contributed by atoms with Gasteiger partial charge in [0.1, 0.15) is 0 Å². The van der Waals surface area contributed by atoms with E-state index in [0.717, 1.165) is 6.54 Å². The summed E-state index contributed by atoms with van der Waals surface area (Å²) in [6.45, 7) is 7.09. The number of rotatable bonds is 3. The third-order valence-electron chi connectivity index (χ3n) is 5.21. The molecule has 0 aromatic heterocycles. The first-order valence-corrected chi connectivity index (χ1v) is 8.23. The number of hydrogen-bond donors (Lipinski definition) is 1. The summed E-state index contributed by atoms with van der Waals surface area (Å²) in [6.07, 6.45) is 6.72. The number of hydrogen-bond acceptors (Lipinski definition) is 2. The first kappa shape index (κ1) is 14.1. The highest BCUT2D eigenvalue weighted by Gasteiger charge is 2.41. The van der Waals surface area contributed by atoms with Crippen LogP contribution in [0.5, 0.6) is 0 Å². The minimum atomic E-state index is 0.428. The van der Waals surface area contributed by atoms with Crippen molar-refractivity contribution >= 4 is 0 Å². The third kappa shape index (κ3) is 2.91. The van der Waals surface area contributed by atoms with Gasteiger partial charge in [0.05, 0.1) is 0 Å². The standard InChI is InChI=1S/C18H28N2/c1-15(2)20-14-18(10-6-7-11-18)19-13-17(20)12-16-8-4-3-5-9-16/h3-5,8-9,15,17,19H,6-7,10-14H2,1-2H3. The molecule has 0 bridgehead atoms. The molecule has 1 saturated heterocycles. The molecule has 1 aromatic carbocycles. The summed E-state index contributed by atoms with van der Waals surface area (Å²) in [6, 6.07) is 12.2. The van der Waals surface area contributed by atoms with Gasteiger partial charge in [0.2, 0.25) is 0 Å². The highest BCUT2D eigenvalue weighted by atomic mass is 15.3. The predicted molar refractivity (Wildman–Crippen MR) is 85.0 cm³/mol. The lowest BCUT2D eigenvalue weighted by Crippen LogP contribution is -2.65. The zero-order valence-electron chi connectivity index (χ0n) is 12.9. The first-order chi connectivity index (χ1) is 9.69. The van der Waals surface area contributed by atoms with E-state index in [4.69, 9.17) is 0 Å². The van der Waals surface area contributed by atoms with Gasteiger partial charge in [-0.15, -0.1) is 0 Å². The van der Waals surface area contributed by atoms with E-state index in [1.807, 2.05) is 0 Å². The van der Waals surface area contributed by atoms with Gasteiger partial charge in [0.15, 0.2) is 0 Å². The van der Waals surface area contributed by atoms with Crippen molar-refractivity contribution in [3.63, 3.8) is 0 Å². The van der Waals surface area contributed by atoms with E-state index in [0.29, 0.717) is 17.6 Å². The lowest BCUT2D eigenvalue weighted by Gasteiger charge is -2.48. The summed E-state index contributed by atoms with van der Waals surface area (Å²) in [7, 11) is 0.